The smallest absolute Gasteiger partial charge is 0.0465 e. The van der Waals surface area contributed by atoms with Crippen LogP contribution in [0.3, 0.4) is 0 Å². The maximum Gasteiger partial charge on any atom is 0.0465 e. The molecule has 0 spiro atoms. The molecule has 2 rings (SSSR count). The summed E-state index contributed by atoms with van der Waals surface area (Å²) in [6.07, 6.45) is 6.38. The second kappa shape index (κ2) is 6.01. The number of hydrogen-bond donors (Lipinski definition) is 1. The molecule has 0 amide bonds. The van der Waals surface area contributed by atoms with Crippen molar-refractivity contribution in [1.82, 2.24) is 0 Å². The first-order chi connectivity index (χ1) is 7.79. The van der Waals surface area contributed by atoms with Crippen molar-refractivity contribution in [2.45, 2.75) is 32.1 Å². The molecule has 1 aromatic carbocycles. The van der Waals surface area contributed by atoms with Gasteiger partial charge in [0, 0.05) is 10.2 Å². The molecule has 1 aliphatic carbocycles. The summed E-state index contributed by atoms with van der Waals surface area (Å²) in [6, 6.07) is 8.69. The van der Waals surface area contributed by atoms with E-state index in [1.807, 2.05) is 0 Å². The van der Waals surface area contributed by atoms with Gasteiger partial charge in [-0.3, -0.25) is 0 Å². The van der Waals surface area contributed by atoms with E-state index in [4.69, 9.17) is 0 Å². The van der Waals surface area contributed by atoms with Gasteiger partial charge in [0.1, 0.15) is 0 Å². The van der Waals surface area contributed by atoms with Gasteiger partial charge in [-0.25, -0.2) is 0 Å². The summed E-state index contributed by atoms with van der Waals surface area (Å²) in [5.74, 6) is 1.23. The summed E-state index contributed by atoms with van der Waals surface area (Å²) in [7, 11) is 0. The molecule has 0 saturated heterocycles. The van der Waals surface area contributed by atoms with Crippen LogP contribution in [0.15, 0.2) is 24.3 Å². The van der Waals surface area contributed by atoms with E-state index < -0.39 is 0 Å². The molecule has 1 unspecified atom stereocenters. The van der Waals surface area contributed by atoms with E-state index in [2.05, 4.69) is 46.9 Å². The third kappa shape index (κ3) is 3.20. The zero-order valence-corrected chi connectivity index (χ0v) is 11.7. The molecule has 0 aromatic heterocycles. The lowest BCUT2D eigenvalue weighted by molar-refractivity contribution is 0.175. The van der Waals surface area contributed by atoms with Crippen LogP contribution in [0.5, 0.6) is 0 Å². The zero-order valence-electron chi connectivity index (χ0n) is 9.53. The molecule has 1 aliphatic rings. The van der Waals surface area contributed by atoms with Crippen molar-refractivity contribution in [3.05, 3.63) is 33.4 Å². The highest BCUT2D eigenvalue weighted by Gasteiger charge is 2.24. The van der Waals surface area contributed by atoms with E-state index in [1.54, 1.807) is 0 Å². The molecule has 1 atom stereocenters. The van der Waals surface area contributed by atoms with E-state index in [1.165, 1.54) is 34.8 Å². The van der Waals surface area contributed by atoms with Gasteiger partial charge < -0.3 is 5.11 Å². The van der Waals surface area contributed by atoms with Gasteiger partial charge in [-0.1, -0.05) is 37.8 Å². The highest BCUT2D eigenvalue weighted by atomic mass is 127. The second-order valence-electron chi connectivity index (χ2n) is 4.82. The molecule has 88 valence electrons. The SMILES string of the molecule is OCC(Cc1ccc(I)cc1)C1CCCC1. The summed E-state index contributed by atoms with van der Waals surface area (Å²) in [5, 5.41) is 9.50. The molecule has 16 heavy (non-hydrogen) atoms. The van der Waals surface area contributed by atoms with E-state index in [9.17, 15) is 5.11 Å². The van der Waals surface area contributed by atoms with Gasteiger partial charge in [0.05, 0.1) is 0 Å². The van der Waals surface area contributed by atoms with Crippen molar-refractivity contribution in [3.63, 3.8) is 0 Å². The maximum atomic E-state index is 9.50. The number of hydrogen-bond acceptors (Lipinski definition) is 1. The molecule has 1 aromatic rings. The average molecular weight is 330 g/mol. The van der Waals surface area contributed by atoms with Crippen LogP contribution in [0.1, 0.15) is 31.2 Å². The monoisotopic (exact) mass is 330 g/mol. The van der Waals surface area contributed by atoms with Crippen LogP contribution >= 0.6 is 22.6 Å². The van der Waals surface area contributed by atoms with Crippen molar-refractivity contribution in [2.24, 2.45) is 11.8 Å². The topological polar surface area (TPSA) is 20.2 Å². The van der Waals surface area contributed by atoms with Gasteiger partial charge in [-0.05, 0) is 58.5 Å². The third-order valence-corrected chi connectivity index (χ3v) is 4.43. The first kappa shape index (κ1) is 12.4. The molecule has 1 N–H and O–H groups in total. The molecule has 0 radical (unpaired) electrons. The lowest BCUT2D eigenvalue weighted by Crippen LogP contribution is -2.18. The van der Waals surface area contributed by atoms with Crippen LogP contribution in [-0.4, -0.2) is 11.7 Å². The summed E-state index contributed by atoms with van der Waals surface area (Å²) >= 11 is 2.33. The molecular formula is C14H19IO. The highest BCUT2D eigenvalue weighted by molar-refractivity contribution is 14.1. The van der Waals surface area contributed by atoms with Crippen LogP contribution in [0.2, 0.25) is 0 Å². The van der Waals surface area contributed by atoms with Gasteiger partial charge in [0.25, 0.3) is 0 Å². The number of aliphatic hydroxyl groups excluding tert-OH is 1. The Labute approximate surface area is 111 Å². The number of aliphatic hydroxyl groups is 1. The van der Waals surface area contributed by atoms with E-state index in [0.29, 0.717) is 12.5 Å². The van der Waals surface area contributed by atoms with Gasteiger partial charge in [0.15, 0.2) is 0 Å². The van der Waals surface area contributed by atoms with Gasteiger partial charge in [0.2, 0.25) is 0 Å². The summed E-state index contributed by atoms with van der Waals surface area (Å²) in [6.45, 7) is 0.344. The largest absolute Gasteiger partial charge is 0.396 e. The number of halogens is 1. The van der Waals surface area contributed by atoms with Crippen molar-refractivity contribution < 1.29 is 5.11 Å². The molecule has 2 heteroatoms. The van der Waals surface area contributed by atoms with Crippen molar-refractivity contribution in [1.29, 1.82) is 0 Å². The van der Waals surface area contributed by atoms with E-state index in [-0.39, 0.29) is 0 Å². The van der Waals surface area contributed by atoms with Crippen LogP contribution in [-0.2, 0) is 6.42 Å². The zero-order chi connectivity index (χ0) is 11.4. The average Bonchev–Trinajstić information content (AvgIpc) is 2.82. The fraction of sp³-hybridized carbons (Fsp3) is 0.571. The Balaban J connectivity index is 1.97. The molecule has 1 nitrogen and oxygen atoms in total. The third-order valence-electron chi connectivity index (χ3n) is 3.71. The molecular weight excluding hydrogens is 311 g/mol. The van der Waals surface area contributed by atoms with Crippen LogP contribution in [0, 0.1) is 15.4 Å². The molecule has 0 heterocycles. The molecule has 1 fully saturated rings. The minimum absolute atomic E-state index is 0.344. The minimum atomic E-state index is 0.344. The summed E-state index contributed by atoms with van der Waals surface area (Å²) in [4.78, 5) is 0. The van der Waals surface area contributed by atoms with E-state index in [0.717, 1.165) is 12.3 Å². The van der Waals surface area contributed by atoms with Crippen molar-refractivity contribution in [3.8, 4) is 0 Å². The van der Waals surface area contributed by atoms with E-state index >= 15 is 0 Å². The Bertz CT molecular complexity index is 314. The Hall–Kier alpha value is -0.0900. The quantitative estimate of drug-likeness (QED) is 0.836. The minimum Gasteiger partial charge on any atom is -0.396 e. The second-order valence-corrected chi connectivity index (χ2v) is 6.06. The standard InChI is InChI=1S/C14H19IO/c15-14-7-5-11(6-8-14)9-13(10-16)12-3-1-2-4-12/h5-8,12-13,16H,1-4,9-10H2. The first-order valence-corrected chi connectivity index (χ1v) is 7.23. The summed E-state index contributed by atoms with van der Waals surface area (Å²) < 4.78 is 1.28. The van der Waals surface area contributed by atoms with Crippen LogP contribution in [0.4, 0.5) is 0 Å². The van der Waals surface area contributed by atoms with Gasteiger partial charge in [-0.15, -0.1) is 0 Å². The Morgan fingerprint density at radius 2 is 1.81 bits per heavy atom. The Morgan fingerprint density at radius 3 is 2.38 bits per heavy atom. The number of rotatable bonds is 4. The molecule has 1 saturated carbocycles. The lowest BCUT2D eigenvalue weighted by Gasteiger charge is -2.21. The maximum absolute atomic E-state index is 9.50. The normalized spacial score (nSPS) is 18.9. The first-order valence-electron chi connectivity index (χ1n) is 6.15. The van der Waals surface area contributed by atoms with Crippen molar-refractivity contribution >= 4 is 22.6 Å². The lowest BCUT2D eigenvalue weighted by atomic mass is 9.86. The van der Waals surface area contributed by atoms with Crippen LogP contribution < -0.4 is 0 Å². The highest BCUT2D eigenvalue weighted by Crippen LogP contribution is 2.33. The Kier molecular flexibility index (Phi) is 4.65. The van der Waals surface area contributed by atoms with Gasteiger partial charge in [-0.2, -0.15) is 0 Å². The van der Waals surface area contributed by atoms with Crippen molar-refractivity contribution in [2.75, 3.05) is 6.61 Å². The fourth-order valence-corrected chi connectivity index (χ4v) is 3.09. The summed E-state index contributed by atoms with van der Waals surface area (Å²) in [5.41, 5.74) is 1.37. The predicted octanol–water partition coefficient (Wildman–Crippen LogP) is 3.63. The Morgan fingerprint density at radius 1 is 1.19 bits per heavy atom. The number of benzene rings is 1. The van der Waals surface area contributed by atoms with Crippen LogP contribution in [0.25, 0.3) is 0 Å². The molecule has 0 bridgehead atoms. The van der Waals surface area contributed by atoms with Gasteiger partial charge >= 0.3 is 0 Å². The molecule has 0 aliphatic heterocycles. The fourth-order valence-electron chi connectivity index (χ4n) is 2.73. The predicted molar refractivity (Wildman–Crippen MR) is 75.4 cm³/mol.